The highest BCUT2D eigenvalue weighted by atomic mass is 16.5. The van der Waals surface area contributed by atoms with E-state index in [1.165, 1.54) is 12.8 Å². The van der Waals surface area contributed by atoms with Crippen molar-refractivity contribution in [1.82, 2.24) is 10.2 Å². The largest absolute Gasteiger partial charge is 0.378 e. The van der Waals surface area contributed by atoms with Gasteiger partial charge >= 0.3 is 0 Å². The Balaban J connectivity index is 1.92. The van der Waals surface area contributed by atoms with Crippen LogP contribution in [0.4, 0.5) is 0 Å². The number of nitrogens with zero attached hydrogens (tertiary/aromatic N) is 1. The lowest BCUT2D eigenvalue weighted by molar-refractivity contribution is 0.0162. The smallest absolute Gasteiger partial charge is 0.170 e. The van der Waals surface area contributed by atoms with E-state index < -0.39 is 0 Å². The Labute approximate surface area is 82.7 Å². The minimum absolute atomic E-state index is 0.295. The molecule has 14 heavy (non-hydrogen) atoms. The normalized spacial score (nSPS) is 22.1. The lowest BCUT2D eigenvalue weighted by Crippen LogP contribution is -2.21. The first-order valence-electron chi connectivity index (χ1n) is 4.99. The second-order valence-corrected chi connectivity index (χ2v) is 3.63. The summed E-state index contributed by atoms with van der Waals surface area (Å²) in [5.41, 5.74) is 1.45. The van der Waals surface area contributed by atoms with Crippen molar-refractivity contribution in [2.75, 3.05) is 6.61 Å². The number of nitrogens with one attached hydrogen (secondary N) is 1. The van der Waals surface area contributed by atoms with Crippen molar-refractivity contribution >= 4 is 6.29 Å². The Kier molecular flexibility index (Phi) is 2.93. The monoisotopic (exact) mass is 194 g/mol. The molecule has 76 valence electrons. The van der Waals surface area contributed by atoms with Crippen LogP contribution in [0.25, 0.3) is 0 Å². The molecule has 4 nitrogen and oxygen atoms in total. The van der Waals surface area contributed by atoms with Gasteiger partial charge in [0.15, 0.2) is 6.29 Å². The predicted molar refractivity (Wildman–Crippen MR) is 51.3 cm³/mol. The Morgan fingerprint density at radius 2 is 2.57 bits per heavy atom. The summed E-state index contributed by atoms with van der Waals surface area (Å²) in [6.45, 7) is 0.860. The molecule has 4 heteroatoms. The summed E-state index contributed by atoms with van der Waals surface area (Å²) in [6.07, 6.45) is 5.39. The number of hydrogen-bond acceptors (Lipinski definition) is 3. The molecule has 1 aliphatic heterocycles. The number of rotatable bonds is 3. The van der Waals surface area contributed by atoms with Gasteiger partial charge in [-0.2, -0.15) is 5.10 Å². The van der Waals surface area contributed by atoms with Crippen LogP contribution in [0.1, 0.15) is 35.4 Å². The summed E-state index contributed by atoms with van der Waals surface area (Å²) < 4.78 is 5.59. The number of aromatic nitrogens is 2. The SMILES string of the molecule is O=Cc1cc(CC2CCCCO2)[nH]n1. The van der Waals surface area contributed by atoms with Crippen molar-refractivity contribution in [3.8, 4) is 0 Å². The van der Waals surface area contributed by atoms with Gasteiger partial charge in [0.05, 0.1) is 6.10 Å². The Morgan fingerprint density at radius 3 is 3.21 bits per heavy atom. The number of ether oxygens (including phenoxy) is 1. The zero-order valence-electron chi connectivity index (χ0n) is 8.03. The number of carbonyl (C=O) groups excluding carboxylic acids is 1. The van der Waals surface area contributed by atoms with E-state index in [0.717, 1.165) is 31.4 Å². The van der Waals surface area contributed by atoms with Gasteiger partial charge in [0.2, 0.25) is 0 Å². The number of hydrogen-bond donors (Lipinski definition) is 1. The first-order valence-corrected chi connectivity index (χ1v) is 4.99. The van der Waals surface area contributed by atoms with Crippen molar-refractivity contribution < 1.29 is 9.53 Å². The summed E-state index contributed by atoms with van der Waals surface area (Å²) in [4.78, 5) is 10.4. The van der Waals surface area contributed by atoms with E-state index in [4.69, 9.17) is 4.74 Å². The van der Waals surface area contributed by atoms with Crippen molar-refractivity contribution in [2.45, 2.75) is 31.8 Å². The summed E-state index contributed by atoms with van der Waals surface area (Å²) in [5.74, 6) is 0. The quantitative estimate of drug-likeness (QED) is 0.738. The second-order valence-electron chi connectivity index (χ2n) is 3.63. The molecule has 1 atom stereocenters. The maximum atomic E-state index is 10.4. The summed E-state index contributed by atoms with van der Waals surface area (Å²) in [6, 6.07) is 1.78. The van der Waals surface area contributed by atoms with E-state index in [-0.39, 0.29) is 0 Å². The number of carbonyl (C=O) groups is 1. The topological polar surface area (TPSA) is 55.0 Å². The average Bonchev–Trinajstić information content (AvgIpc) is 2.67. The third-order valence-corrected chi connectivity index (χ3v) is 2.49. The molecule has 0 spiro atoms. The molecular weight excluding hydrogens is 180 g/mol. The molecule has 1 fully saturated rings. The van der Waals surface area contributed by atoms with Gasteiger partial charge in [-0.3, -0.25) is 9.89 Å². The third kappa shape index (κ3) is 2.20. The van der Waals surface area contributed by atoms with Gasteiger partial charge in [-0.25, -0.2) is 0 Å². The zero-order chi connectivity index (χ0) is 9.80. The van der Waals surface area contributed by atoms with Gasteiger partial charge < -0.3 is 4.74 Å². The van der Waals surface area contributed by atoms with E-state index in [2.05, 4.69) is 10.2 Å². The van der Waals surface area contributed by atoms with E-state index in [1.54, 1.807) is 6.07 Å². The first-order chi connectivity index (χ1) is 6.88. The molecule has 2 heterocycles. The predicted octanol–water partition coefficient (Wildman–Crippen LogP) is 1.33. The average molecular weight is 194 g/mol. The van der Waals surface area contributed by atoms with Crippen molar-refractivity contribution in [3.05, 3.63) is 17.5 Å². The van der Waals surface area contributed by atoms with E-state index in [9.17, 15) is 4.79 Å². The van der Waals surface area contributed by atoms with Gasteiger partial charge in [-0.05, 0) is 25.3 Å². The van der Waals surface area contributed by atoms with Crippen molar-refractivity contribution in [2.24, 2.45) is 0 Å². The summed E-state index contributed by atoms with van der Waals surface area (Å²) >= 11 is 0. The minimum Gasteiger partial charge on any atom is -0.378 e. The molecule has 1 unspecified atom stereocenters. The maximum absolute atomic E-state index is 10.4. The lowest BCUT2D eigenvalue weighted by Gasteiger charge is -2.21. The summed E-state index contributed by atoms with van der Waals surface area (Å²) in [7, 11) is 0. The molecule has 0 saturated carbocycles. The Hall–Kier alpha value is -1.16. The molecule has 0 bridgehead atoms. The molecule has 0 amide bonds. The van der Waals surface area contributed by atoms with Crippen LogP contribution in [0.3, 0.4) is 0 Å². The van der Waals surface area contributed by atoms with Crippen LogP contribution in [-0.4, -0.2) is 29.2 Å². The fourth-order valence-electron chi connectivity index (χ4n) is 1.76. The molecule has 1 aliphatic rings. The molecule has 1 aromatic rings. The van der Waals surface area contributed by atoms with Crippen LogP contribution in [0.5, 0.6) is 0 Å². The van der Waals surface area contributed by atoms with Gasteiger partial charge in [-0.1, -0.05) is 0 Å². The van der Waals surface area contributed by atoms with Gasteiger partial charge in [0.1, 0.15) is 5.69 Å². The van der Waals surface area contributed by atoms with E-state index in [0.29, 0.717) is 11.8 Å². The van der Waals surface area contributed by atoms with Gasteiger partial charge in [0, 0.05) is 18.7 Å². The van der Waals surface area contributed by atoms with E-state index in [1.807, 2.05) is 0 Å². The molecular formula is C10H14N2O2. The number of H-pyrrole nitrogens is 1. The molecule has 1 aromatic heterocycles. The third-order valence-electron chi connectivity index (χ3n) is 2.49. The molecule has 2 rings (SSSR count). The van der Waals surface area contributed by atoms with Crippen molar-refractivity contribution in [3.63, 3.8) is 0 Å². The fraction of sp³-hybridized carbons (Fsp3) is 0.600. The highest BCUT2D eigenvalue weighted by molar-refractivity contribution is 5.71. The van der Waals surface area contributed by atoms with Crippen molar-refractivity contribution in [1.29, 1.82) is 0 Å². The molecule has 0 aromatic carbocycles. The molecule has 0 aliphatic carbocycles. The standard InChI is InChI=1S/C10H14N2O2/c13-7-9-5-8(11-12-9)6-10-3-1-2-4-14-10/h5,7,10H,1-4,6H2,(H,11,12). The minimum atomic E-state index is 0.295. The molecule has 0 radical (unpaired) electrons. The van der Waals surface area contributed by atoms with Crippen LogP contribution in [0, 0.1) is 0 Å². The number of aromatic amines is 1. The summed E-state index contributed by atoms with van der Waals surface area (Å²) in [5, 5.41) is 6.69. The fourth-order valence-corrected chi connectivity index (χ4v) is 1.76. The second kappa shape index (κ2) is 4.37. The lowest BCUT2D eigenvalue weighted by atomic mass is 10.0. The van der Waals surface area contributed by atoms with Crippen LogP contribution >= 0.6 is 0 Å². The highest BCUT2D eigenvalue weighted by Crippen LogP contribution is 2.16. The highest BCUT2D eigenvalue weighted by Gasteiger charge is 2.15. The zero-order valence-corrected chi connectivity index (χ0v) is 8.03. The van der Waals surface area contributed by atoms with E-state index >= 15 is 0 Å². The van der Waals surface area contributed by atoms with Crippen LogP contribution in [0.15, 0.2) is 6.07 Å². The van der Waals surface area contributed by atoms with Crippen LogP contribution in [-0.2, 0) is 11.2 Å². The maximum Gasteiger partial charge on any atom is 0.170 e. The Bertz CT molecular complexity index is 303. The molecule has 1 saturated heterocycles. The van der Waals surface area contributed by atoms with Crippen LogP contribution < -0.4 is 0 Å². The van der Waals surface area contributed by atoms with Gasteiger partial charge in [0.25, 0.3) is 0 Å². The Morgan fingerprint density at radius 1 is 1.64 bits per heavy atom. The number of aldehydes is 1. The molecule has 1 N–H and O–H groups in total. The first kappa shape index (κ1) is 9.40. The van der Waals surface area contributed by atoms with Crippen LogP contribution in [0.2, 0.25) is 0 Å². The van der Waals surface area contributed by atoms with Gasteiger partial charge in [-0.15, -0.1) is 0 Å².